The number of nitrogens with one attached hydrogen (secondary N) is 1. The van der Waals surface area contributed by atoms with Gasteiger partial charge in [-0.05, 0) is 55.8 Å². The van der Waals surface area contributed by atoms with Crippen molar-refractivity contribution in [1.29, 1.82) is 0 Å². The van der Waals surface area contributed by atoms with E-state index in [1.165, 1.54) is 18.5 Å². The third kappa shape index (κ3) is 3.55. The van der Waals surface area contributed by atoms with Crippen LogP contribution in [0.25, 0.3) is 5.69 Å². The van der Waals surface area contributed by atoms with Gasteiger partial charge in [-0.15, -0.1) is 0 Å². The third-order valence-electron chi connectivity index (χ3n) is 5.39. The Morgan fingerprint density at radius 3 is 3.00 bits per heavy atom. The van der Waals surface area contributed by atoms with Crippen molar-refractivity contribution in [2.45, 2.75) is 25.4 Å². The van der Waals surface area contributed by atoms with Gasteiger partial charge in [0.15, 0.2) is 11.5 Å². The molecule has 1 N–H and O–H groups in total. The molecule has 28 heavy (non-hydrogen) atoms. The molecule has 1 saturated heterocycles. The van der Waals surface area contributed by atoms with Gasteiger partial charge in [0.2, 0.25) is 6.79 Å². The van der Waals surface area contributed by atoms with Crippen molar-refractivity contribution in [3.8, 4) is 17.2 Å². The molecule has 0 aliphatic carbocycles. The minimum Gasteiger partial charge on any atom is -0.454 e. The van der Waals surface area contributed by atoms with Gasteiger partial charge in [0.25, 0.3) is 0 Å². The Morgan fingerprint density at radius 1 is 1.11 bits per heavy atom. The van der Waals surface area contributed by atoms with Gasteiger partial charge in [-0.3, -0.25) is 9.88 Å². The van der Waals surface area contributed by atoms with E-state index in [9.17, 15) is 0 Å². The van der Waals surface area contributed by atoms with Crippen molar-refractivity contribution in [3.63, 3.8) is 0 Å². The summed E-state index contributed by atoms with van der Waals surface area (Å²) < 4.78 is 13.1. The summed E-state index contributed by atoms with van der Waals surface area (Å²) in [7, 11) is 0. The quantitative estimate of drug-likeness (QED) is 0.736. The second-order valence-corrected chi connectivity index (χ2v) is 7.37. The van der Waals surface area contributed by atoms with Gasteiger partial charge < -0.3 is 19.4 Å². The zero-order valence-electron chi connectivity index (χ0n) is 15.8. The highest BCUT2D eigenvalue weighted by Crippen LogP contribution is 2.34. The lowest BCUT2D eigenvalue weighted by Crippen LogP contribution is -2.41. The standard InChI is InChI=1S/C22H24N4O2/c1-5-19(13-23-9-1)26-11-3-6-20(26)15-25-10-2-4-18(14-25)24-17-7-8-21-22(12-17)28-16-27-21/h1,3,5-9,11-13,18,24H,2,4,10,14-16H2/t18-/m1/s1. The van der Waals surface area contributed by atoms with Gasteiger partial charge in [-0.25, -0.2) is 0 Å². The van der Waals surface area contributed by atoms with Crippen LogP contribution < -0.4 is 14.8 Å². The molecule has 0 amide bonds. The van der Waals surface area contributed by atoms with E-state index in [-0.39, 0.29) is 0 Å². The Hall–Kier alpha value is -2.99. The highest BCUT2D eigenvalue weighted by atomic mass is 16.7. The lowest BCUT2D eigenvalue weighted by molar-refractivity contribution is 0.174. The first-order valence-electron chi connectivity index (χ1n) is 9.80. The van der Waals surface area contributed by atoms with Gasteiger partial charge in [-0.1, -0.05) is 0 Å². The fourth-order valence-corrected chi connectivity index (χ4v) is 4.06. The predicted octanol–water partition coefficient (Wildman–Crippen LogP) is 3.68. The number of ether oxygens (including phenoxy) is 2. The molecule has 0 unspecified atom stereocenters. The van der Waals surface area contributed by atoms with E-state index in [1.54, 1.807) is 0 Å². The maximum Gasteiger partial charge on any atom is 0.231 e. The summed E-state index contributed by atoms with van der Waals surface area (Å²) in [4.78, 5) is 6.77. The van der Waals surface area contributed by atoms with Crippen LogP contribution in [0.4, 0.5) is 5.69 Å². The molecule has 1 atom stereocenters. The molecule has 1 fully saturated rings. The number of benzene rings is 1. The predicted molar refractivity (Wildman–Crippen MR) is 108 cm³/mol. The van der Waals surface area contributed by atoms with Gasteiger partial charge >= 0.3 is 0 Å². The molecule has 2 aromatic heterocycles. The summed E-state index contributed by atoms with van der Waals surface area (Å²) in [5.74, 6) is 1.65. The monoisotopic (exact) mass is 376 g/mol. The average Bonchev–Trinajstić information content (AvgIpc) is 3.38. The SMILES string of the molecule is c1cncc(-n2cccc2CN2CCC[C@@H](Nc3ccc4c(c3)OCO4)C2)c1. The highest BCUT2D eigenvalue weighted by Gasteiger charge is 2.22. The summed E-state index contributed by atoms with van der Waals surface area (Å²) in [5.41, 5.74) is 3.49. The zero-order valence-corrected chi connectivity index (χ0v) is 15.8. The molecule has 0 spiro atoms. The maximum absolute atomic E-state index is 5.49. The van der Waals surface area contributed by atoms with Crippen LogP contribution in [0.5, 0.6) is 11.5 Å². The van der Waals surface area contributed by atoms with Crippen LogP contribution in [-0.4, -0.2) is 40.4 Å². The summed E-state index contributed by atoms with van der Waals surface area (Å²) in [6.07, 6.45) is 8.19. The van der Waals surface area contributed by atoms with E-state index in [4.69, 9.17) is 9.47 Å². The van der Waals surface area contributed by atoms with Crippen LogP contribution in [0.2, 0.25) is 0 Å². The first kappa shape index (κ1) is 17.1. The number of pyridine rings is 1. The van der Waals surface area contributed by atoms with Crippen molar-refractivity contribution < 1.29 is 9.47 Å². The fraction of sp³-hybridized carbons (Fsp3) is 0.318. The number of nitrogens with zero attached hydrogens (tertiary/aromatic N) is 3. The topological polar surface area (TPSA) is 51.6 Å². The second-order valence-electron chi connectivity index (χ2n) is 7.37. The molecule has 1 aromatic carbocycles. The number of hydrogen-bond donors (Lipinski definition) is 1. The van der Waals surface area contributed by atoms with Crippen LogP contribution in [0.3, 0.4) is 0 Å². The van der Waals surface area contributed by atoms with E-state index in [0.717, 1.165) is 42.5 Å². The van der Waals surface area contributed by atoms with E-state index < -0.39 is 0 Å². The number of rotatable bonds is 5. The van der Waals surface area contributed by atoms with Gasteiger partial charge in [-0.2, -0.15) is 0 Å². The Morgan fingerprint density at radius 2 is 2.07 bits per heavy atom. The lowest BCUT2D eigenvalue weighted by atomic mass is 10.0. The first-order valence-corrected chi connectivity index (χ1v) is 9.80. The summed E-state index contributed by atoms with van der Waals surface area (Å²) in [6.45, 7) is 3.39. The minimum absolute atomic E-state index is 0.312. The molecule has 0 saturated carbocycles. The highest BCUT2D eigenvalue weighted by molar-refractivity contribution is 5.56. The molecule has 3 aromatic rings. The lowest BCUT2D eigenvalue weighted by Gasteiger charge is -2.33. The van der Waals surface area contributed by atoms with Crippen LogP contribution in [0, 0.1) is 0 Å². The van der Waals surface area contributed by atoms with Gasteiger partial charge in [0.05, 0.1) is 11.9 Å². The number of hydrogen-bond acceptors (Lipinski definition) is 5. The number of piperidine rings is 1. The Labute approximate surface area is 164 Å². The normalized spacial score (nSPS) is 18.9. The molecule has 0 bridgehead atoms. The molecule has 6 heteroatoms. The van der Waals surface area contributed by atoms with E-state index in [0.29, 0.717) is 12.8 Å². The number of anilines is 1. The van der Waals surface area contributed by atoms with E-state index >= 15 is 0 Å². The van der Waals surface area contributed by atoms with Crippen LogP contribution in [0.15, 0.2) is 61.1 Å². The van der Waals surface area contributed by atoms with Crippen LogP contribution in [0.1, 0.15) is 18.5 Å². The fourth-order valence-electron chi connectivity index (χ4n) is 4.06. The summed E-state index contributed by atoms with van der Waals surface area (Å²) in [5, 5.41) is 3.67. The molecule has 144 valence electrons. The summed E-state index contributed by atoms with van der Waals surface area (Å²) in [6, 6.07) is 14.9. The second kappa shape index (κ2) is 7.56. The van der Waals surface area contributed by atoms with Crippen molar-refractivity contribution in [3.05, 3.63) is 66.7 Å². The number of aromatic nitrogens is 2. The van der Waals surface area contributed by atoms with Crippen molar-refractivity contribution in [2.75, 3.05) is 25.2 Å². The molecule has 2 aliphatic rings. The zero-order chi connectivity index (χ0) is 18.8. The van der Waals surface area contributed by atoms with Crippen molar-refractivity contribution in [2.24, 2.45) is 0 Å². The number of likely N-dealkylation sites (tertiary alicyclic amines) is 1. The Balaban J connectivity index is 1.25. The van der Waals surface area contributed by atoms with Crippen LogP contribution >= 0.6 is 0 Å². The average molecular weight is 376 g/mol. The first-order chi connectivity index (χ1) is 13.8. The minimum atomic E-state index is 0.312. The number of fused-ring (bicyclic) bond motifs is 1. The van der Waals surface area contributed by atoms with Crippen molar-refractivity contribution in [1.82, 2.24) is 14.5 Å². The summed E-state index contributed by atoms with van der Waals surface area (Å²) >= 11 is 0. The largest absolute Gasteiger partial charge is 0.454 e. The van der Waals surface area contributed by atoms with Crippen molar-refractivity contribution >= 4 is 5.69 Å². The maximum atomic E-state index is 5.49. The molecule has 5 rings (SSSR count). The third-order valence-corrected chi connectivity index (χ3v) is 5.39. The molecule has 0 radical (unpaired) electrons. The van der Waals surface area contributed by atoms with Gasteiger partial charge in [0.1, 0.15) is 0 Å². The van der Waals surface area contributed by atoms with E-state index in [1.807, 2.05) is 30.6 Å². The molecular weight excluding hydrogens is 352 g/mol. The molecule has 2 aliphatic heterocycles. The van der Waals surface area contributed by atoms with Gasteiger partial charge in [0, 0.05) is 49.0 Å². The Kier molecular flexibility index (Phi) is 4.62. The van der Waals surface area contributed by atoms with E-state index in [2.05, 4.69) is 50.2 Å². The van der Waals surface area contributed by atoms with Crippen LogP contribution in [-0.2, 0) is 6.54 Å². The molecular formula is C22H24N4O2. The molecule has 6 nitrogen and oxygen atoms in total. The smallest absolute Gasteiger partial charge is 0.231 e. The Bertz CT molecular complexity index is 941. The molecule has 4 heterocycles.